The highest BCUT2D eigenvalue weighted by atomic mass is 16.2. The summed E-state index contributed by atoms with van der Waals surface area (Å²) in [5.74, 6) is -1.02. The van der Waals surface area contributed by atoms with Gasteiger partial charge in [-0.15, -0.1) is 0 Å². The van der Waals surface area contributed by atoms with Gasteiger partial charge in [0.25, 0.3) is 5.91 Å². The predicted octanol–water partition coefficient (Wildman–Crippen LogP) is -1.50. The molecule has 3 amide bonds. The van der Waals surface area contributed by atoms with Gasteiger partial charge in [0.1, 0.15) is 0 Å². The molecule has 2 rings (SSSR count). The highest BCUT2D eigenvalue weighted by Crippen LogP contribution is 1.95. The van der Waals surface area contributed by atoms with Crippen molar-refractivity contribution in [3.05, 3.63) is 0 Å². The molecule has 14 heavy (non-hydrogen) atoms. The van der Waals surface area contributed by atoms with E-state index >= 15 is 0 Å². The summed E-state index contributed by atoms with van der Waals surface area (Å²) in [5.41, 5.74) is 0. The molecule has 2 heterocycles. The molecule has 2 fully saturated rings. The van der Waals surface area contributed by atoms with E-state index in [9.17, 15) is 19.2 Å². The van der Waals surface area contributed by atoms with E-state index in [4.69, 9.17) is 0 Å². The van der Waals surface area contributed by atoms with Crippen molar-refractivity contribution in [2.45, 2.75) is 19.3 Å². The number of hydrogen-bond donors (Lipinski definition) is 2. The van der Waals surface area contributed by atoms with E-state index in [1.807, 2.05) is 0 Å². The van der Waals surface area contributed by atoms with Crippen LogP contribution in [0.1, 0.15) is 19.3 Å². The van der Waals surface area contributed by atoms with E-state index in [1.54, 1.807) is 0 Å². The fourth-order valence-corrected chi connectivity index (χ4v) is 1.01. The van der Waals surface area contributed by atoms with Gasteiger partial charge in [-0.3, -0.25) is 24.5 Å². The van der Waals surface area contributed by atoms with Gasteiger partial charge in [0.15, 0.2) is 0 Å². The van der Waals surface area contributed by atoms with Crippen LogP contribution in [0, 0.1) is 0 Å². The summed E-state index contributed by atoms with van der Waals surface area (Å²) in [7, 11) is 0. The molecule has 0 aliphatic carbocycles. The van der Waals surface area contributed by atoms with Crippen LogP contribution in [-0.4, -0.2) is 30.0 Å². The van der Waals surface area contributed by atoms with E-state index in [2.05, 4.69) is 10.6 Å². The minimum Gasteiger partial charge on any atom is -0.349 e. The molecule has 6 nitrogen and oxygen atoms in total. The summed E-state index contributed by atoms with van der Waals surface area (Å²) in [6.07, 6.45) is 1.12. The van der Waals surface area contributed by atoms with Crippen LogP contribution in [0.2, 0.25) is 0 Å². The first kappa shape index (κ1) is 10.4. The quantitative estimate of drug-likeness (QED) is 0.366. The summed E-state index contributed by atoms with van der Waals surface area (Å²) in [6, 6.07) is 0. The zero-order chi connectivity index (χ0) is 10.6. The summed E-state index contributed by atoms with van der Waals surface area (Å²) in [4.78, 5) is 40.5. The Bertz CT molecular complexity index is 270. The Morgan fingerprint density at radius 1 is 0.857 bits per heavy atom. The standard InChI is InChI=1S/2C4H5NO2/c6-3-1-2-5-4(3)7;6-3-1-2-4(7)5-3/h1-2H2,(H,5,7);1-2H2,(H,5,6,7). The van der Waals surface area contributed by atoms with Gasteiger partial charge in [0, 0.05) is 25.8 Å². The van der Waals surface area contributed by atoms with Gasteiger partial charge < -0.3 is 5.32 Å². The normalized spacial score (nSPS) is 20.0. The third kappa shape index (κ3) is 2.96. The first-order chi connectivity index (χ1) is 6.59. The SMILES string of the molecule is O=C1CCC(=O)N1.O=C1CCNC1=O. The smallest absolute Gasteiger partial charge is 0.287 e. The molecule has 2 saturated heterocycles. The average molecular weight is 198 g/mol. The molecule has 0 aromatic carbocycles. The summed E-state index contributed by atoms with van der Waals surface area (Å²) >= 11 is 0. The molecule has 0 spiro atoms. The summed E-state index contributed by atoms with van der Waals surface area (Å²) in [5, 5.41) is 4.52. The number of hydrogen-bond acceptors (Lipinski definition) is 4. The van der Waals surface area contributed by atoms with Crippen LogP contribution in [0.4, 0.5) is 0 Å². The zero-order valence-electron chi connectivity index (χ0n) is 7.46. The fourth-order valence-electron chi connectivity index (χ4n) is 1.01. The number of rotatable bonds is 0. The molecule has 2 aliphatic heterocycles. The zero-order valence-corrected chi connectivity index (χ0v) is 7.46. The molecule has 6 heteroatoms. The van der Waals surface area contributed by atoms with Crippen LogP contribution in [0.5, 0.6) is 0 Å². The van der Waals surface area contributed by atoms with Crippen LogP contribution in [0.25, 0.3) is 0 Å². The maximum Gasteiger partial charge on any atom is 0.287 e. The Hall–Kier alpha value is -1.72. The molecule has 0 unspecified atom stereocenters. The van der Waals surface area contributed by atoms with Crippen molar-refractivity contribution in [1.82, 2.24) is 10.6 Å². The second-order valence-electron chi connectivity index (χ2n) is 2.90. The van der Waals surface area contributed by atoms with E-state index in [0.29, 0.717) is 25.8 Å². The molecule has 0 atom stereocenters. The second-order valence-corrected chi connectivity index (χ2v) is 2.90. The van der Waals surface area contributed by atoms with E-state index in [-0.39, 0.29) is 17.6 Å². The molecule has 2 N–H and O–H groups in total. The molecule has 0 aromatic heterocycles. The Balaban J connectivity index is 0.000000140. The van der Waals surface area contributed by atoms with E-state index < -0.39 is 5.91 Å². The molecule has 0 radical (unpaired) electrons. The maximum absolute atomic E-state index is 10.2. The van der Waals surface area contributed by atoms with Crippen molar-refractivity contribution in [2.75, 3.05) is 6.54 Å². The fraction of sp³-hybridized carbons (Fsp3) is 0.500. The molecular weight excluding hydrogens is 188 g/mol. The van der Waals surface area contributed by atoms with Crippen molar-refractivity contribution < 1.29 is 19.2 Å². The number of carbonyl (C=O) groups is 4. The topological polar surface area (TPSA) is 92.3 Å². The number of carbonyl (C=O) groups excluding carboxylic acids is 4. The first-order valence-corrected chi connectivity index (χ1v) is 4.23. The maximum atomic E-state index is 10.2. The van der Waals surface area contributed by atoms with Gasteiger partial charge in [0.2, 0.25) is 17.6 Å². The number of amides is 3. The van der Waals surface area contributed by atoms with Gasteiger partial charge in [0.05, 0.1) is 0 Å². The Morgan fingerprint density at radius 2 is 1.43 bits per heavy atom. The van der Waals surface area contributed by atoms with Gasteiger partial charge >= 0.3 is 0 Å². The third-order valence-corrected chi connectivity index (χ3v) is 1.75. The third-order valence-electron chi connectivity index (χ3n) is 1.75. The number of Topliss-reactive ketones (excluding diaryl/α,β-unsaturated/α-hetero) is 1. The minimum absolute atomic E-state index is 0.148. The Labute approximate surface area is 80.0 Å². The first-order valence-electron chi connectivity index (χ1n) is 4.23. The van der Waals surface area contributed by atoms with Crippen molar-refractivity contribution in [1.29, 1.82) is 0 Å². The molecule has 0 saturated carbocycles. The average Bonchev–Trinajstić information content (AvgIpc) is 2.65. The van der Waals surface area contributed by atoms with Crippen molar-refractivity contribution in [3.8, 4) is 0 Å². The van der Waals surface area contributed by atoms with Crippen LogP contribution in [0.15, 0.2) is 0 Å². The van der Waals surface area contributed by atoms with Crippen molar-refractivity contribution >= 4 is 23.5 Å². The number of imide groups is 1. The number of ketones is 1. The lowest BCUT2D eigenvalue weighted by Crippen LogP contribution is -2.18. The van der Waals surface area contributed by atoms with Crippen molar-refractivity contribution in [3.63, 3.8) is 0 Å². The highest BCUT2D eigenvalue weighted by molar-refractivity contribution is 6.37. The molecule has 0 bridgehead atoms. The van der Waals surface area contributed by atoms with Crippen molar-refractivity contribution in [2.24, 2.45) is 0 Å². The number of nitrogens with one attached hydrogen (secondary N) is 2. The lowest BCUT2D eigenvalue weighted by Gasteiger charge is -1.79. The van der Waals surface area contributed by atoms with Crippen LogP contribution >= 0.6 is 0 Å². The van der Waals surface area contributed by atoms with E-state index in [0.717, 1.165) is 0 Å². The van der Waals surface area contributed by atoms with Gasteiger partial charge in [-0.2, -0.15) is 0 Å². The lowest BCUT2D eigenvalue weighted by molar-refractivity contribution is -0.135. The van der Waals surface area contributed by atoms with E-state index in [1.165, 1.54) is 0 Å². The Kier molecular flexibility index (Phi) is 3.33. The molecular formula is C8H10N2O4. The summed E-state index contributed by atoms with van der Waals surface area (Å²) < 4.78 is 0. The van der Waals surface area contributed by atoms with Crippen LogP contribution < -0.4 is 10.6 Å². The lowest BCUT2D eigenvalue weighted by atomic mass is 10.3. The molecule has 0 aromatic rings. The van der Waals surface area contributed by atoms with Crippen LogP contribution in [0.3, 0.4) is 0 Å². The van der Waals surface area contributed by atoms with Crippen LogP contribution in [-0.2, 0) is 19.2 Å². The van der Waals surface area contributed by atoms with Gasteiger partial charge in [-0.05, 0) is 0 Å². The largest absolute Gasteiger partial charge is 0.349 e. The molecule has 76 valence electrons. The van der Waals surface area contributed by atoms with Gasteiger partial charge in [-0.1, -0.05) is 0 Å². The molecule has 2 aliphatic rings. The minimum atomic E-state index is -0.431. The highest BCUT2D eigenvalue weighted by Gasteiger charge is 2.18. The summed E-state index contributed by atoms with van der Waals surface area (Å²) in [6.45, 7) is 0.525. The second kappa shape index (κ2) is 4.50. The van der Waals surface area contributed by atoms with Gasteiger partial charge in [-0.25, -0.2) is 0 Å². The monoisotopic (exact) mass is 198 g/mol. The predicted molar refractivity (Wildman–Crippen MR) is 45.0 cm³/mol. The Morgan fingerprint density at radius 3 is 1.57 bits per heavy atom.